The first-order chi connectivity index (χ1) is 36.5. The zero-order valence-corrected chi connectivity index (χ0v) is 52.7. The highest BCUT2D eigenvalue weighted by atomic mass is 31.2. The van der Waals surface area contributed by atoms with E-state index >= 15 is 4.57 Å². The molecule has 0 amide bonds. The van der Waals surface area contributed by atoms with E-state index in [-0.39, 0.29) is 71.4 Å². The fourth-order valence-corrected chi connectivity index (χ4v) is 23.0. The maximum absolute atomic E-state index is 15.2. The average molecular weight is 1110 g/mol. The van der Waals surface area contributed by atoms with Crippen molar-refractivity contribution in [3.05, 3.63) is 215 Å². The highest BCUT2D eigenvalue weighted by molar-refractivity contribution is 7.48. The van der Waals surface area contributed by atoms with E-state index in [1.165, 1.54) is 33.4 Å². The van der Waals surface area contributed by atoms with Crippen LogP contribution in [0, 0.1) is 0 Å². The van der Waals surface area contributed by atoms with Gasteiger partial charge in [-0.3, -0.25) is 13.6 Å². The molecule has 11 heteroatoms. The molecule has 0 heterocycles. The van der Waals surface area contributed by atoms with Crippen LogP contribution in [0.4, 0.5) is 0 Å². The smallest absolute Gasteiger partial charge is 0.414 e. The molecule has 3 atom stereocenters. The van der Waals surface area contributed by atoms with Gasteiger partial charge in [0, 0.05) is 0 Å². The molecule has 0 spiro atoms. The summed E-state index contributed by atoms with van der Waals surface area (Å²) in [5.74, 6) is 0. The summed E-state index contributed by atoms with van der Waals surface area (Å²) in [6, 6.07) is 64.5. The molecule has 0 aromatic heterocycles. The summed E-state index contributed by atoms with van der Waals surface area (Å²) in [5.41, 5.74) is 8.52. The van der Waals surface area contributed by atoms with Gasteiger partial charge < -0.3 is 13.3 Å². The van der Waals surface area contributed by atoms with Gasteiger partial charge in [-0.05, 0) is 123 Å². The van der Waals surface area contributed by atoms with E-state index in [1.54, 1.807) is 0 Å². The van der Waals surface area contributed by atoms with Crippen LogP contribution in [-0.2, 0) is 69.9 Å². The molecular weight excluding hydrogens is 1020 g/mol. The van der Waals surface area contributed by atoms with Crippen LogP contribution >= 0.6 is 7.82 Å². The highest BCUT2D eigenvalue weighted by Gasteiger charge is 2.51. The maximum atomic E-state index is 15.2. The lowest BCUT2D eigenvalue weighted by atomic mass is 10.0. The summed E-state index contributed by atoms with van der Waals surface area (Å²) in [6.45, 7) is 28.7. The molecule has 0 bridgehead atoms. The third-order valence-electron chi connectivity index (χ3n) is 17.0. The number of rotatable bonds is 30. The van der Waals surface area contributed by atoms with Crippen LogP contribution in [0.15, 0.2) is 182 Å². The molecule has 0 N–H and O–H groups in total. The van der Waals surface area contributed by atoms with Gasteiger partial charge in [0.1, 0.15) is 0 Å². The van der Waals surface area contributed by atoms with Gasteiger partial charge in [0.2, 0.25) is 0 Å². The molecule has 0 saturated heterocycles. The lowest BCUT2D eigenvalue weighted by Crippen LogP contribution is -2.50. The summed E-state index contributed by atoms with van der Waals surface area (Å²) in [6.07, 6.45) is 5.36. The van der Waals surface area contributed by atoms with Gasteiger partial charge >= 0.3 is 7.82 Å². The van der Waals surface area contributed by atoms with E-state index in [4.69, 9.17) is 26.8 Å². The topological polar surface area (TPSA) is 72.5 Å². The Hall–Kier alpha value is -4.04. The van der Waals surface area contributed by atoms with E-state index in [9.17, 15) is 0 Å². The first-order valence-corrected chi connectivity index (χ1v) is 37.1. The molecule has 0 aliphatic carbocycles. The van der Waals surface area contributed by atoms with Crippen LogP contribution in [-0.4, -0.2) is 64.6 Å². The number of phosphoric acid groups is 1. The van der Waals surface area contributed by atoms with Crippen molar-refractivity contribution in [2.45, 2.75) is 152 Å². The van der Waals surface area contributed by atoms with E-state index < -0.39 is 32.8 Å². The molecule has 0 aliphatic rings. The fraction of sp³-hybridized carbons (Fsp3) is 0.455. The Morgan fingerprint density at radius 2 is 0.481 bits per heavy atom. The minimum Gasteiger partial charge on any atom is -0.414 e. The van der Waals surface area contributed by atoms with Crippen LogP contribution < -0.4 is 0 Å². The molecule has 3 unspecified atom stereocenters. The van der Waals surface area contributed by atoms with Crippen molar-refractivity contribution < 1.29 is 31.4 Å². The summed E-state index contributed by atoms with van der Waals surface area (Å²) in [5, 5.41) is -0.382. The Labute approximate surface area is 468 Å². The van der Waals surface area contributed by atoms with Crippen molar-refractivity contribution in [3.8, 4) is 0 Å². The Morgan fingerprint density at radius 1 is 0.312 bits per heavy atom. The summed E-state index contributed by atoms with van der Waals surface area (Å²) >= 11 is 0. The second-order valence-corrected chi connectivity index (χ2v) is 40.9. The Morgan fingerprint density at radius 3 is 0.636 bits per heavy atom. The Kier molecular flexibility index (Phi) is 22.9. The highest BCUT2D eigenvalue weighted by Crippen LogP contribution is 2.53. The van der Waals surface area contributed by atoms with Crippen molar-refractivity contribution in [1.82, 2.24) is 0 Å². The minimum atomic E-state index is -4.18. The van der Waals surface area contributed by atoms with E-state index in [0.717, 1.165) is 38.5 Å². The minimum absolute atomic E-state index is 0.0381. The van der Waals surface area contributed by atoms with Crippen molar-refractivity contribution >= 4 is 32.8 Å². The van der Waals surface area contributed by atoms with Crippen LogP contribution in [0.3, 0.4) is 0 Å². The third kappa shape index (κ3) is 18.0. The quantitative estimate of drug-likeness (QED) is 0.0253. The monoisotopic (exact) mass is 1110 g/mol. The summed E-state index contributed by atoms with van der Waals surface area (Å²) in [7, 11) is -12.0. The number of phosphoric ester groups is 1. The van der Waals surface area contributed by atoms with Gasteiger partial charge in [0.25, 0.3) is 0 Å². The number of benzene rings is 6. The van der Waals surface area contributed by atoms with Crippen LogP contribution in [0.5, 0.6) is 0 Å². The largest absolute Gasteiger partial charge is 0.475 e. The zero-order valence-electron chi connectivity index (χ0n) is 48.8. The molecule has 77 heavy (non-hydrogen) atoms. The molecule has 0 saturated carbocycles. The Bertz CT molecular complexity index is 2230. The van der Waals surface area contributed by atoms with E-state index in [0.29, 0.717) is 0 Å². The van der Waals surface area contributed by atoms with Crippen molar-refractivity contribution in [2.75, 3.05) is 39.6 Å². The van der Waals surface area contributed by atoms with Crippen molar-refractivity contribution in [2.24, 2.45) is 0 Å². The van der Waals surface area contributed by atoms with Crippen LogP contribution in [0.2, 0.25) is 51.4 Å². The normalized spacial score (nSPS) is 15.7. The zero-order chi connectivity index (χ0) is 55.6. The number of hydrogen-bond acceptors (Lipinski definition) is 7. The molecule has 7 nitrogen and oxygen atoms in total. The van der Waals surface area contributed by atoms with Gasteiger partial charge in [-0.2, -0.15) is 0 Å². The summed E-state index contributed by atoms with van der Waals surface area (Å²) < 4.78 is 56.0. The molecule has 6 rings (SSSR count). The van der Waals surface area contributed by atoms with Gasteiger partial charge in [0.15, 0.2) is 25.0 Å². The summed E-state index contributed by atoms with van der Waals surface area (Å²) in [4.78, 5) is 0. The van der Waals surface area contributed by atoms with Crippen LogP contribution in [0.25, 0.3) is 0 Å². The molecule has 416 valence electrons. The Balaban J connectivity index is 1.23. The number of hydrogen-bond donors (Lipinski definition) is 0. The second kappa shape index (κ2) is 28.4. The van der Waals surface area contributed by atoms with Crippen molar-refractivity contribution in [1.29, 1.82) is 0 Å². The average Bonchev–Trinajstić information content (AvgIpc) is 3.41. The van der Waals surface area contributed by atoms with Gasteiger partial charge in [0.05, 0.1) is 39.6 Å². The van der Waals surface area contributed by atoms with Gasteiger partial charge in [-0.15, -0.1) is 0 Å². The molecule has 0 radical (unpaired) electrons. The second-order valence-electron chi connectivity index (χ2n) is 24.8. The van der Waals surface area contributed by atoms with Gasteiger partial charge in [-0.1, -0.05) is 244 Å². The predicted octanol–water partition coefficient (Wildman–Crippen LogP) is 17.9. The lowest BCUT2D eigenvalue weighted by molar-refractivity contribution is 0.0746. The molecule has 0 fully saturated rings. The van der Waals surface area contributed by atoms with Crippen molar-refractivity contribution in [3.63, 3.8) is 0 Å². The predicted molar refractivity (Wildman–Crippen MR) is 329 cm³/mol. The standard InChI is InChI=1S/C66H93O7PSi3/c1-64(2,3)75(10,61(49-55-31-19-13-20-32-55)50-56-33-21-14-22-34-56)71-46-43-68-74(67,69-44-47-72-76(11,65(4,5)6)62(51-57-35-23-15-24-36-57)52-58-37-25-16-26-38-58)70-45-48-73-77(12,66(7,8)9)63(53-59-39-27-17-28-40-59)54-60-41-29-18-30-42-60/h13-42,61-63H,43-54H2,1-12H3. The maximum Gasteiger partial charge on any atom is 0.475 e. The van der Waals surface area contributed by atoms with Gasteiger partial charge in [-0.25, -0.2) is 4.57 Å². The molecule has 6 aromatic rings. The molecule has 0 aliphatic heterocycles. The fourth-order valence-electron chi connectivity index (χ4n) is 10.9. The van der Waals surface area contributed by atoms with Crippen LogP contribution in [0.1, 0.15) is 95.7 Å². The lowest BCUT2D eigenvalue weighted by Gasteiger charge is -2.45. The first kappa shape index (κ1) is 62.2. The molecule has 6 aromatic carbocycles. The first-order valence-electron chi connectivity index (χ1n) is 28.2. The SMILES string of the molecule is CC(C)(C)[Si](C)(OCCOP(=O)(OCCO[Si](C)(C(Cc1ccccc1)Cc1ccccc1)C(C)(C)C)OCCO[Si](C)(C(Cc1ccccc1)Cc1ccccc1)C(C)(C)C)C(Cc1ccccc1)Cc1ccccc1. The van der Waals surface area contributed by atoms with E-state index in [1.807, 2.05) is 0 Å². The van der Waals surface area contributed by atoms with E-state index in [2.05, 4.69) is 264 Å². The third-order valence-corrected chi connectivity index (χ3v) is 35.7. The molecular formula is C66H93O7PSi3.